The van der Waals surface area contributed by atoms with Crippen LogP contribution in [0.3, 0.4) is 0 Å². The Morgan fingerprint density at radius 3 is 2.89 bits per heavy atom. The van der Waals surface area contributed by atoms with Crippen LogP contribution in [0.15, 0.2) is 36.4 Å². The Bertz CT molecular complexity index is 594. The van der Waals surface area contributed by atoms with Gasteiger partial charge in [0.25, 0.3) is 0 Å². The van der Waals surface area contributed by atoms with E-state index in [4.69, 9.17) is 4.74 Å². The van der Waals surface area contributed by atoms with Gasteiger partial charge >= 0.3 is 0 Å². The molecule has 0 aromatic heterocycles. The highest BCUT2D eigenvalue weighted by Gasteiger charge is 2.21. The summed E-state index contributed by atoms with van der Waals surface area (Å²) in [5.41, 5.74) is 2.34. The molecule has 1 aromatic rings. The number of allylic oxidation sites excluding steroid dienone is 4. The summed E-state index contributed by atoms with van der Waals surface area (Å²) in [6.45, 7) is 0.711. The number of hydrogen-bond donors (Lipinski definition) is 0. The fraction of sp³-hybridized carbons (Fsp3) is 0.200. The zero-order valence-corrected chi connectivity index (χ0v) is 9.81. The van der Waals surface area contributed by atoms with E-state index in [1.165, 1.54) is 18.2 Å². The molecule has 18 heavy (non-hydrogen) atoms. The molecule has 1 aliphatic carbocycles. The molecule has 0 spiro atoms. The maximum Gasteiger partial charge on any atom is 0.186 e. The molecule has 2 aliphatic rings. The lowest BCUT2D eigenvalue weighted by molar-refractivity contribution is -0.113. The summed E-state index contributed by atoms with van der Waals surface area (Å²) < 4.78 is 5.58. The third-order valence-corrected chi connectivity index (χ3v) is 3.20. The molecule has 0 saturated heterocycles. The fourth-order valence-corrected chi connectivity index (χ4v) is 2.36. The van der Waals surface area contributed by atoms with E-state index in [1.807, 2.05) is 18.2 Å². The van der Waals surface area contributed by atoms with Crippen molar-refractivity contribution in [2.75, 3.05) is 6.61 Å². The molecular formula is C15H12O3. The zero-order chi connectivity index (χ0) is 12.5. The number of ether oxygens (including phenoxy) is 1. The van der Waals surface area contributed by atoms with Crippen molar-refractivity contribution in [2.24, 2.45) is 0 Å². The van der Waals surface area contributed by atoms with E-state index in [9.17, 15) is 9.59 Å². The highest BCUT2D eigenvalue weighted by atomic mass is 16.5. The van der Waals surface area contributed by atoms with Gasteiger partial charge in [0.15, 0.2) is 11.6 Å². The van der Waals surface area contributed by atoms with Crippen LogP contribution in [0, 0.1) is 0 Å². The van der Waals surface area contributed by atoms with Crippen molar-refractivity contribution in [2.45, 2.75) is 12.8 Å². The first-order chi connectivity index (χ1) is 8.75. The van der Waals surface area contributed by atoms with Crippen LogP contribution in [-0.2, 0) is 16.0 Å². The van der Waals surface area contributed by atoms with Crippen LogP contribution >= 0.6 is 0 Å². The Morgan fingerprint density at radius 2 is 2.00 bits per heavy atom. The van der Waals surface area contributed by atoms with Crippen LogP contribution in [-0.4, -0.2) is 18.2 Å². The van der Waals surface area contributed by atoms with Gasteiger partial charge in [0, 0.05) is 11.1 Å². The fourth-order valence-electron chi connectivity index (χ4n) is 2.36. The standard InChI is InChI=1S/C15H12O3/c16-10-6-7-14(17)13(9-10)11-3-1-5-15-12(11)4-2-8-18-15/h1,3,5-7,9H,2,4,8H2. The molecular weight excluding hydrogens is 228 g/mol. The number of ketones is 2. The largest absolute Gasteiger partial charge is 0.493 e. The van der Waals surface area contributed by atoms with Gasteiger partial charge in [-0.3, -0.25) is 9.59 Å². The van der Waals surface area contributed by atoms with Crippen molar-refractivity contribution in [3.05, 3.63) is 47.6 Å². The van der Waals surface area contributed by atoms with Gasteiger partial charge in [0.1, 0.15) is 5.75 Å². The van der Waals surface area contributed by atoms with Crippen LogP contribution in [0.4, 0.5) is 0 Å². The Morgan fingerprint density at radius 1 is 1.11 bits per heavy atom. The Labute approximate surface area is 105 Å². The number of fused-ring (bicyclic) bond motifs is 1. The summed E-state index contributed by atoms with van der Waals surface area (Å²) in [6, 6.07) is 5.64. The molecule has 0 fully saturated rings. The molecule has 0 atom stereocenters. The second-order valence-electron chi connectivity index (χ2n) is 4.39. The third-order valence-electron chi connectivity index (χ3n) is 3.20. The molecule has 0 saturated carbocycles. The normalized spacial score (nSPS) is 18.1. The molecule has 0 unspecified atom stereocenters. The van der Waals surface area contributed by atoms with Gasteiger partial charge in [-0.1, -0.05) is 12.1 Å². The molecule has 0 radical (unpaired) electrons. The van der Waals surface area contributed by atoms with Gasteiger partial charge in [-0.25, -0.2) is 0 Å². The average Bonchev–Trinajstić information content (AvgIpc) is 2.41. The SMILES string of the molecule is O=C1C=CC(=O)C(c2cccc3c2CCCO3)=C1. The van der Waals surface area contributed by atoms with E-state index in [-0.39, 0.29) is 11.6 Å². The third kappa shape index (κ3) is 1.78. The van der Waals surface area contributed by atoms with Crippen molar-refractivity contribution in [3.8, 4) is 5.75 Å². The minimum atomic E-state index is -0.140. The van der Waals surface area contributed by atoms with E-state index in [1.54, 1.807) is 0 Å². The predicted molar refractivity (Wildman–Crippen MR) is 67.4 cm³/mol. The molecule has 90 valence electrons. The van der Waals surface area contributed by atoms with Gasteiger partial charge in [-0.05, 0) is 42.7 Å². The molecule has 0 N–H and O–H groups in total. The molecule has 1 heterocycles. The molecule has 0 bridgehead atoms. The van der Waals surface area contributed by atoms with Crippen LogP contribution in [0.5, 0.6) is 5.75 Å². The maximum absolute atomic E-state index is 11.9. The predicted octanol–water partition coefficient (Wildman–Crippen LogP) is 2.10. The van der Waals surface area contributed by atoms with Crippen molar-refractivity contribution >= 4 is 17.1 Å². The number of carbonyl (C=O) groups is 2. The van der Waals surface area contributed by atoms with E-state index in [0.29, 0.717) is 12.2 Å². The lowest BCUT2D eigenvalue weighted by atomic mass is 9.90. The second kappa shape index (κ2) is 4.26. The maximum atomic E-state index is 11.9. The lowest BCUT2D eigenvalue weighted by Gasteiger charge is -2.21. The van der Waals surface area contributed by atoms with Gasteiger partial charge in [0.05, 0.1) is 6.61 Å². The van der Waals surface area contributed by atoms with E-state index in [0.717, 1.165) is 29.7 Å². The minimum Gasteiger partial charge on any atom is -0.493 e. The topological polar surface area (TPSA) is 43.4 Å². The van der Waals surface area contributed by atoms with E-state index >= 15 is 0 Å². The smallest absolute Gasteiger partial charge is 0.186 e. The van der Waals surface area contributed by atoms with Gasteiger partial charge in [-0.15, -0.1) is 0 Å². The van der Waals surface area contributed by atoms with Crippen LogP contribution in [0.1, 0.15) is 17.5 Å². The molecule has 3 nitrogen and oxygen atoms in total. The number of benzene rings is 1. The van der Waals surface area contributed by atoms with E-state index in [2.05, 4.69) is 0 Å². The molecule has 3 rings (SSSR count). The summed E-state index contributed by atoms with van der Waals surface area (Å²) in [4.78, 5) is 23.3. The number of hydrogen-bond acceptors (Lipinski definition) is 3. The van der Waals surface area contributed by atoms with Gasteiger partial charge < -0.3 is 4.74 Å². The molecule has 3 heteroatoms. The van der Waals surface area contributed by atoms with Crippen molar-refractivity contribution < 1.29 is 14.3 Å². The summed E-state index contributed by atoms with van der Waals surface area (Å²) >= 11 is 0. The van der Waals surface area contributed by atoms with Crippen molar-refractivity contribution in [1.82, 2.24) is 0 Å². The van der Waals surface area contributed by atoms with Crippen LogP contribution in [0.25, 0.3) is 5.57 Å². The van der Waals surface area contributed by atoms with Crippen molar-refractivity contribution in [3.63, 3.8) is 0 Å². The number of rotatable bonds is 1. The van der Waals surface area contributed by atoms with Crippen LogP contribution < -0.4 is 4.74 Å². The summed E-state index contributed by atoms with van der Waals surface area (Å²) in [6.07, 6.45) is 5.87. The Hall–Kier alpha value is -2.16. The van der Waals surface area contributed by atoms with Crippen molar-refractivity contribution in [1.29, 1.82) is 0 Å². The quantitative estimate of drug-likeness (QED) is 0.706. The first-order valence-corrected chi connectivity index (χ1v) is 5.99. The summed E-state index contributed by atoms with van der Waals surface area (Å²) in [5.74, 6) is 0.571. The van der Waals surface area contributed by atoms with Gasteiger partial charge in [-0.2, -0.15) is 0 Å². The minimum absolute atomic E-state index is 0.117. The summed E-state index contributed by atoms with van der Waals surface area (Å²) in [7, 11) is 0. The Balaban J connectivity index is 2.12. The first-order valence-electron chi connectivity index (χ1n) is 5.99. The number of carbonyl (C=O) groups excluding carboxylic acids is 2. The molecule has 1 aliphatic heterocycles. The average molecular weight is 240 g/mol. The second-order valence-corrected chi connectivity index (χ2v) is 4.39. The highest BCUT2D eigenvalue weighted by Crippen LogP contribution is 2.32. The zero-order valence-electron chi connectivity index (χ0n) is 9.81. The molecule has 0 amide bonds. The lowest BCUT2D eigenvalue weighted by Crippen LogP contribution is -2.13. The van der Waals surface area contributed by atoms with Gasteiger partial charge in [0.2, 0.25) is 0 Å². The summed E-state index contributed by atoms with van der Waals surface area (Å²) in [5, 5.41) is 0. The molecule has 1 aromatic carbocycles. The Kier molecular flexibility index (Phi) is 2.59. The first kappa shape index (κ1) is 11.0. The van der Waals surface area contributed by atoms with E-state index < -0.39 is 0 Å². The highest BCUT2D eigenvalue weighted by molar-refractivity contribution is 6.34. The monoisotopic (exact) mass is 240 g/mol. The van der Waals surface area contributed by atoms with Crippen LogP contribution in [0.2, 0.25) is 0 Å².